The molecule has 170 valence electrons. The van der Waals surface area contributed by atoms with Crippen molar-refractivity contribution in [1.82, 2.24) is 16.0 Å². The number of nitrogens with zero attached hydrogens (tertiary/aromatic N) is 1. The number of hydrogen-bond acceptors (Lipinski definition) is 8. The molecule has 0 rings (SSSR count). The monoisotopic (exact) mass is 432 g/mol. The van der Waals surface area contributed by atoms with Crippen molar-refractivity contribution in [3.05, 3.63) is 0 Å². The van der Waals surface area contributed by atoms with Crippen LogP contribution in [0.4, 0.5) is 0 Å². The molecule has 0 aliphatic heterocycles. The van der Waals surface area contributed by atoms with E-state index in [0.717, 1.165) is 0 Å². The highest BCUT2D eigenvalue weighted by Crippen LogP contribution is 2.02. The maximum absolute atomic E-state index is 12.5. The second-order valence-electron chi connectivity index (χ2n) is 6.09. The van der Waals surface area contributed by atoms with E-state index in [1.165, 1.54) is 0 Å². The van der Waals surface area contributed by atoms with Gasteiger partial charge in [0.1, 0.15) is 18.1 Å². The summed E-state index contributed by atoms with van der Waals surface area (Å²) < 4.78 is 0. The molecule has 13 N–H and O–H groups in total. The highest BCUT2D eigenvalue weighted by Gasteiger charge is 2.29. The Labute approximate surface area is 171 Å². The quantitative estimate of drug-likeness (QED) is 0.0712. The number of amides is 4. The number of aliphatic hydroxyl groups is 1. The van der Waals surface area contributed by atoms with Crippen molar-refractivity contribution in [3.8, 4) is 0 Å². The van der Waals surface area contributed by atoms with E-state index in [1.54, 1.807) is 0 Å². The van der Waals surface area contributed by atoms with Gasteiger partial charge in [-0.25, -0.2) is 4.79 Å². The van der Waals surface area contributed by atoms with Crippen LogP contribution in [0.2, 0.25) is 0 Å². The average molecular weight is 432 g/mol. The van der Waals surface area contributed by atoms with E-state index in [-0.39, 0.29) is 25.3 Å². The zero-order chi connectivity index (χ0) is 23.3. The highest BCUT2D eigenvalue weighted by molar-refractivity contribution is 5.94. The fraction of sp³-hybridized carbons (Fsp3) is 0.600. The molecule has 0 fully saturated rings. The number of primary amides is 1. The summed E-state index contributed by atoms with van der Waals surface area (Å²) in [5, 5.41) is 25.0. The SMILES string of the molecule is NCC(=O)NC(CO)C(=O)NC(CCCN=C(N)N)C(=O)NC(CC(N)=O)C(=O)O. The molecular formula is C15H28N8O7. The molecule has 0 aromatic rings. The maximum atomic E-state index is 12.5. The molecule has 0 aromatic heterocycles. The predicted octanol–water partition coefficient (Wildman–Crippen LogP) is -5.59. The number of rotatable bonds is 14. The number of nitrogens with two attached hydrogens (primary N) is 4. The van der Waals surface area contributed by atoms with Gasteiger partial charge in [-0.2, -0.15) is 0 Å². The molecule has 0 bridgehead atoms. The first-order valence-electron chi connectivity index (χ1n) is 8.79. The van der Waals surface area contributed by atoms with Crippen LogP contribution >= 0.6 is 0 Å². The van der Waals surface area contributed by atoms with Crippen LogP contribution in [-0.2, 0) is 24.0 Å². The maximum Gasteiger partial charge on any atom is 0.326 e. The Morgan fingerprint density at radius 1 is 0.900 bits per heavy atom. The Balaban J connectivity index is 5.31. The number of aliphatic hydroxyl groups excluding tert-OH is 1. The number of carbonyl (C=O) groups excluding carboxylic acids is 4. The number of aliphatic carboxylic acids is 1. The molecular weight excluding hydrogens is 404 g/mol. The second-order valence-corrected chi connectivity index (χ2v) is 6.09. The van der Waals surface area contributed by atoms with Crippen molar-refractivity contribution in [3.63, 3.8) is 0 Å². The van der Waals surface area contributed by atoms with Crippen LogP contribution in [0.25, 0.3) is 0 Å². The second kappa shape index (κ2) is 13.7. The van der Waals surface area contributed by atoms with Gasteiger partial charge in [-0.05, 0) is 12.8 Å². The molecule has 30 heavy (non-hydrogen) atoms. The fourth-order valence-corrected chi connectivity index (χ4v) is 2.17. The number of guanidine groups is 1. The van der Waals surface area contributed by atoms with Gasteiger partial charge in [-0.15, -0.1) is 0 Å². The molecule has 3 atom stereocenters. The van der Waals surface area contributed by atoms with Crippen molar-refractivity contribution in [2.24, 2.45) is 27.9 Å². The van der Waals surface area contributed by atoms with E-state index in [2.05, 4.69) is 20.9 Å². The van der Waals surface area contributed by atoms with E-state index >= 15 is 0 Å². The first kappa shape index (κ1) is 26.5. The summed E-state index contributed by atoms with van der Waals surface area (Å²) in [5.41, 5.74) is 20.5. The van der Waals surface area contributed by atoms with Crippen molar-refractivity contribution in [2.75, 3.05) is 19.7 Å². The summed E-state index contributed by atoms with van der Waals surface area (Å²) >= 11 is 0. The summed E-state index contributed by atoms with van der Waals surface area (Å²) in [6.07, 6.45) is -0.482. The number of nitrogens with one attached hydrogen (secondary N) is 3. The van der Waals surface area contributed by atoms with E-state index in [1.807, 2.05) is 0 Å². The number of hydrogen-bond donors (Lipinski definition) is 9. The van der Waals surface area contributed by atoms with Gasteiger partial charge in [0.2, 0.25) is 23.6 Å². The third-order valence-corrected chi connectivity index (χ3v) is 3.62. The molecule has 15 nitrogen and oxygen atoms in total. The Hall–Kier alpha value is -3.46. The fourth-order valence-electron chi connectivity index (χ4n) is 2.17. The van der Waals surface area contributed by atoms with Gasteiger partial charge in [0.05, 0.1) is 19.6 Å². The highest BCUT2D eigenvalue weighted by atomic mass is 16.4. The van der Waals surface area contributed by atoms with Gasteiger partial charge in [0, 0.05) is 6.54 Å². The minimum absolute atomic E-state index is 0.0275. The van der Waals surface area contributed by atoms with Gasteiger partial charge >= 0.3 is 5.97 Å². The number of carbonyl (C=O) groups is 5. The van der Waals surface area contributed by atoms with Crippen LogP contribution in [0.1, 0.15) is 19.3 Å². The van der Waals surface area contributed by atoms with Crippen molar-refractivity contribution >= 4 is 35.6 Å². The first-order valence-corrected chi connectivity index (χ1v) is 8.79. The predicted molar refractivity (Wildman–Crippen MR) is 103 cm³/mol. The normalized spacial score (nSPS) is 13.3. The Morgan fingerprint density at radius 3 is 1.93 bits per heavy atom. The van der Waals surface area contributed by atoms with E-state index in [4.69, 9.17) is 28.0 Å². The average Bonchev–Trinajstić information content (AvgIpc) is 2.66. The molecule has 0 aliphatic carbocycles. The lowest BCUT2D eigenvalue weighted by atomic mass is 10.1. The Morgan fingerprint density at radius 2 is 1.47 bits per heavy atom. The minimum atomic E-state index is -1.61. The van der Waals surface area contributed by atoms with Crippen molar-refractivity contribution in [2.45, 2.75) is 37.4 Å². The largest absolute Gasteiger partial charge is 0.480 e. The Kier molecular flexibility index (Phi) is 12.1. The molecule has 0 aromatic carbocycles. The third-order valence-electron chi connectivity index (χ3n) is 3.62. The van der Waals surface area contributed by atoms with Crippen molar-refractivity contribution in [1.29, 1.82) is 0 Å². The first-order chi connectivity index (χ1) is 14.0. The molecule has 0 spiro atoms. The molecule has 0 saturated carbocycles. The Bertz CT molecular complexity index is 665. The lowest BCUT2D eigenvalue weighted by Crippen LogP contribution is -2.57. The zero-order valence-corrected chi connectivity index (χ0v) is 16.2. The summed E-state index contributed by atoms with van der Waals surface area (Å²) in [6, 6.07) is -4.29. The topological polar surface area (TPSA) is 278 Å². The van der Waals surface area contributed by atoms with Crippen LogP contribution in [0.15, 0.2) is 4.99 Å². The summed E-state index contributed by atoms with van der Waals surface area (Å²) in [5.74, 6) is -5.20. The van der Waals surface area contributed by atoms with Gasteiger partial charge in [0.25, 0.3) is 0 Å². The van der Waals surface area contributed by atoms with Crippen LogP contribution in [0, 0.1) is 0 Å². The summed E-state index contributed by atoms with van der Waals surface area (Å²) in [4.78, 5) is 62.1. The third kappa shape index (κ3) is 10.8. The van der Waals surface area contributed by atoms with Crippen LogP contribution in [-0.4, -0.2) is 83.6 Å². The molecule has 15 heteroatoms. The molecule has 0 saturated heterocycles. The number of aliphatic imine (C=N–C) groups is 1. The lowest BCUT2D eigenvalue weighted by Gasteiger charge is -2.23. The summed E-state index contributed by atoms with van der Waals surface area (Å²) in [6.45, 7) is -1.10. The van der Waals surface area contributed by atoms with Gasteiger partial charge < -0.3 is 49.1 Å². The molecule has 0 heterocycles. The van der Waals surface area contributed by atoms with Crippen LogP contribution < -0.4 is 38.9 Å². The van der Waals surface area contributed by atoms with E-state index < -0.39 is 67.3 Å². The molecule has 4 amide bonds. The van der Waals surface area contributed by atoms with E-state index in [0.29, 0.717) is 0 Å². The minimum Gasteiger partial charge on any atom is -0.480 e. The van der Waals surface area contributed by atoms with Gasteiger partial charge in [-0.3, -0.25) is 24.2 Å². The molecule has 0 radical (unpaired) electrons. The number of carboxylic acids is 1. The van der Waals surface area contributed by atoms with E-state index in [9.17, 15) is 29.1 Å². The molecule has 3 unspecified atom stereocenters. The zero-order valence-electron chi connectivity index (χ0n) is 16.2. The summed E-state index contributed by atoms with van der Waals surface area (Å²) in [7, 11) is 0. The molecule has 0 aliphatic rings. The standard InChI is InChI=1S/C15H28N8O7/c16-5-11(26)21-9(6-24)13(28)22-7(2-1-3-20-15(18)19)12(27)23-8(14(29)30)4-10(17)25/h7-9,24H,1-6,16H2,(H2,17,25)(H,21,26)(H,22,28)(H,23,27)(H,29,30)(H4,18,19,20). The lowest BCUT2D eigenvalue weighted by molar-refractivity contribution is -0.143. The smallest absolute Gasteiger partial charge is 0.326 e. The van der Waals surface area contributed by atoms with Crippen LogP contribution in [0.5, 0.6) is 0 Å². The van der Waals surface area contributed by atoms with Crippen LogP contribution in [0.3, 0.4) is 0 Å². The van der Waals surface area contributed by atoms with Gasteiger partial charge in [-0.1, -0.05) is 0 Å². The van der Waals surface area contributed by atoms with Gasteiger partial charge in [0.15, 0.2) is 5.96 Å². The van der Waals surface area contributed by atoms with Crippen molar-refractivity contribution < 1.29 is 34.2 Å². The number of carboxylic acid groups (broad SMARTS) is 1.